The molecular formula is C47H52N6O7Si2. The van der Waals surface area contributed by atoms with Crippen molar-refractivity contribution in [3.63, 3.8) is 0 Å². The van der Waals surface area contributed by atoms with Crippen molar-refractivity contribution in [1.29, 1.82) is 0 Å². The molecule has 0 saturated carbocycles. The lowest BCUT2D eigenvalue weighted by atomic mass is 10.1. The lowest BCUT2D eigenvalue weighted by molar-refractivity contribution is 0.0686. The molecule has 7 aromatic rings. The van der Waals surface area contributed by atoms with Crippen LogP contribution in [-0.2, 0) is 22.9 Å². The van der Waals surface area contributed by atoms with E-state index in [0.717, 1.165) is 51.4 Å². The number of rotatable bonds is 17. The van der Waals surface area contributed by atoms with Crippen molar-refractivity contribution >= 4 is 68.9 Å². The molecule has 0 aliphatic carbocycles. The molecule has 3 aromatic carbocycles. The summed E-state index contributed by atoms with van der Waals surface area (Å²) in [6.45, 7) is 15.7. The van der Waals surface area contributed by atoms with Gasteiger partial charge in [0, 0.05) is 29.4 Å². The Morgan fingerprint density at radius 3 is 1.53 bits per heavy atom. The van der Waals surface area contributed by atoms with Crippen LogP contribution in [0.5, 0.6) is 0 Å². The molecule has 0 aliphatic rings. The van der Waals surface area contributed by atoms with Crippen LogP contribution in [0.1, 0.15) is 42.5 Å². The molecule has 0 atom stereocenters. The van der Waals surface area contributed by atoms with E-state index < -0.39 is 28.1 Å². The van der Waals surface area contributed by atoms with Crippen molar-refractivity contribution in [2.24, 2.45) is 0 Å². The summed E-state index contributed by atoms with van der Waals surface area (Å²) in [6.07, 6.45) is 7.76. The van der Waals surface area contributed by atoms with Crippen molar-refractivity contribution in [2.75, 3.05) is 13.2 Å². The number of fused-ring (bicyclic) bond motifs is 2. The molecule has 0 bridgehead atoms. The minimum atomic E-state index is -1.21. The number of ether oxygens (including phenoxy) is 2. The molecule has 0 amide bonds. The van der Waals surface area contributed by atoms with E-state index in [2.05, 4.69) is 54.2 Å². The Bertz CT molecular complexity index is 2720. The second-order valence-corrected chi connectivity index (χ2v) is 28.5. The van der Waals surface area contributed by atoms with Gasteiger partial charge < -0.3 is 19.7 Å². The highest BCUT2D eigenvalue weighted by Crippen LogP contribution is 2.29. The zero-order valence-corrected chi connectivity index (χ0v) is 37.9. The van der Waals surface area contributed by atoms with Gasteiger partial charge in [0.25, 0.3) is 0 Å². The molecule has 4 aromatic heterocycles. The number of nitrogens with zero attached hydrogens (tertiary/aromatic N) is 6. The maximum absolute atomic E-state index is 11.5. The molecule has 0 unspecified atom stereocenters. The second kappa shape index (κ2) is 20.0. The van der Waals surface area contributed by atoms with E-state index in [9.17, 15) is 24.6 Å². The molecule has 15 heteroatoms. The summed E-state index contributed by atoms with van der Waals surface area (Å²) in [7, 11) is -2.42. The number of aldehydes is 1. The summed E-state index contributed by atoms with van der Waals surface area (Å²) in [6, 6.07) is 29.5. The molecule has 320 valence electrons. The molecule has 0 spiro atoms. The molecule has 4 heterocycles. The molecule has 0 aliphatic heterocycles. The third-order valence-electron chi connectivity index (χ3n) is 9.85. The topological polar surface area (TPSA) is 172 Å². The fourth-order valence-electron chi connectivity index (χ4n) is 6.39. The van der Waals surface area contributed by atoms with Crippen LogP contribution in [0, 0.1) is 0 Å². The predicted octanol–water partition coefficient (Wildman–Crippen LogP) is 10.2. The first-order valence-corrected chi connectivity index (χ1v) is 27.7. The summed E-state index contributed by atoms with van der Waals surface area (Å²) < 4.78 is 15.8. The minimum Gasteiger partial charge on any atom is -0.478 e. The quantitative estimate of drug-likeness (QED) is 0.0507. The van der Waals surface area contributed by atoms with E-state index in [1.54, 1.807) is 48.7 Å². The standard InChI is InChI=1S/C27H29N3O3Si.C20H23N3O4Si/c1-34(2,3)15-14-33-19-30-25(21-10-7-11-22(16-21)27(31)32)17-24-26(30)28-18-23(29-24)13-12-20-8-5-4-6-9-20;1-28(2,3)8-7-27-13-23-18(14-5-4-6-15(9-14)20(25)26)10-17-19(23)21-11-16(12-24)22-17/h4-13,16-18H,14-15,19H2,1-3H3,(H,31,32);4-6,9-12H,7-8,13H2,1-3H3,(H,25,26)/b13-12+;. The summed E-state index contributed by atoms with van der Waals surface area (Å²) in [5.41, 5.74) is 8.20. The third kappa shape index (κ3) is 12.1. The molecule has 0 saturated heterocycles. The van der Waals surface area contributed by atoms with Crippen LogP contribution in [0.4, 0.5) is 0 Å². The van der Waals surface area contributed by atoms with Crippen LogP contribution >= 0.6 is 0 Å². The minimum absolute atomic E-state index is 0.198. The molecular weight excluding hydrogens is 817 g/mol. The number of hydrogen-bond donors (Lipinski definition) is 2. The van der Waals surface area contributed by atoms with E-state index in [0.29, 0.717) is 43.0 Å². The smallest absolute Gasteiger partial charge is 0.335 e. The number of carboxylic acids is 2. The Hall–Kier alpha value is -6.40. The Kier molecular flexibility index (Phi) is 14.6. The number of carbonyl (C=O) groups is 3. The van der Waals surface area contributed by atoms with Gasteiger partial charge in [-0.05, 0) is 71.3 Å². The fourth-order valence-corrected chi connectivity index (χ4v) is 7.90. The van der Waals surface area contributed by atoms with Crippen LogP contribution in [-0.4, -0.2) is 86.9 Å². The van der Waals surface area contributed by atoms with Gasteiger partial charge in [-0.1, -0.05) is 100.0 Å². The Balaban J connectivity index is 0.000000211. The van der Waals surface area contributed by atoms with Crippen LogP contribution in [0.15, 0.2) is 103 Å². The molecule has 13 nitrogen and oxygen atoms in total. The average molecular weight is 869 g/mol. The predicted molar refractivity (Wildman–Crippen MR) is 249 cm³/mol. The first-order chi connectivity index (χ1) is 29.6. The summed E-state index contributed by atoms with van der Waals surface area (Å²) in [4.78, 5) is 52.0. The molecule has 7 rings (SSSR count). The fraction of sp³-hybridized carbons (Fsp3) is 0.255. The number of carbonyl (C=O) groups excluding carboxylic acids is 1. The highest BCUT2D eigenvalue weighted by Gasteiger charge is 2.19. The van der Waals surface area contributed by atoms with Gasteiger partial charge in [-0.2, -0.15) is 0 Å². The van der Waals surface area contributed by atoms with Gasteiger partial charge in [0.2, 0.25) is 0 Å². The van der Waals surface area contributed by atoms with Crippen LogP contribution < -0.4 is 0 Å². The number of carboxylic acid groups (broad SMARTS) is 2. The molecule has 0 radical (unpaired) electrons. The number of hydrogen-bond acceptors (Lipinski definition) is 9. The van der Waals surface area contributed by atoms with Crippen molar-refractivity contribution in [2.45, 2.75) is 64.8 Å². The normalized spacial score (nSPS) is 11.8. The van der Waals surface area contributed by atoms with Gasteiger partial charge in [0.1, 0.15) is 30.2 Å². The zero-order valence-electron chi connectivity index (χ0n) is 35.9. The van der Waals surface area contributed by atoms with E-state index in [1.807, 2.05) is 69.8 Å². The highest BCUT2D eigenvalue weighted by molar-refractivity contribution is 6.76. The Morgan fingerprint density at radius 1 is 0.613 bits per heavy atom. The zero-order chi connectivity index (χ0) is 44.4. The van der Waals surface area contributed by atoms with Gasteiger partial charge in [-0.25, -0.2) is 29.5 Å². The van der Waals surface area contributed by atoms with Crippen molar-refractivity contribution in [1.82, 2.24) is 29.1 Å². The Labute approximate surface area is 362 Å². The van der Waals surface area contributed by atoms with Gasteiger partial charge in [-0.15, -0.1) is 0 Å². The summed E-state index contributed by atoms with van der Waals surface area (Å²) >= 11 is 0. The van der Waals surface area contributed by atoms with Gasteiger partial charge in [0.05, 0.1) is 40.6 Å². The second-order valence-electron chi connectivity index (χ2n) is 17.3. The van der Waals surface area contributed by atoms with Crippen molar-refractivity contribution in [3.8, 4) is 22.5 Å². The number of aromatic carboxylic acids is 2. The average Bonchev–Trinajstić information content (AvgIpc) is 3.80. The lowest BCUT2D eigenvalue weighted by Crippen LogP contribution is -2.22. The summed E-state index contributed by atoms with van der Waals surface area (Å²) in [5, 5.41) is 18.7. The van der Waals surface area contributed by atoms with Gasteiger partial charge in [-0.3, -0.25) is 13.9 Å². The molecule has 0 fully saturated rings. The van der Waals surface area contributed by atoms with E-state index in [-0.39, 0.29) is 23.6 Å². The molecule has 2 N–H and O–H groups in total. The Morgan fingerprint density at radius 2 is 1.08 bits per heavy atom. The highest BCUT2D eigenvalue weighted by atomic mass is 28.3. The van der Waals surface area contributed by atoms with Crippen LogP contribution in [0.3, 0.4) is 0 Å². The van der Waals surface area contributed by atoms with E-state index >= 15 is 0 Å². The number of benzene rings is 3. The van der Waals surface area contributed by atoms with E-state index in [1.165, 1.54) is 6.20 Å². The number of aromatic nitrogens is 6. The van der Waals surface area contributed by atoms with Gasteiger partial charge in [0.15, 0.2) is 17.6 Å². The molecule has 62 heavy (non-hydrogen) atoms. The largest absolute Gasteiger partial charge is 0.478 e. The van der Waals surface area contributed by atoms with Crippen LogP contribution in [0.2, 0.25) is 51.4 Å². The van der Waals surface area contributed by atoms with Crippen molar-refractivity contribution < 1.29 is 34.1 Å². The van der Waals surface area contributed by atoms with Gasteiger partial charge >= 0.3 is 11.9 Å². The first-order valence-electron chi connectivity index (χ1n) is 20.3. The van der Waals surface area contributed by atoms with E-state index in [4.69, 9.17) is 14.5 Å². The lowest BCUT2D eigenvalue weighted by Gasteiger charge is -2.16. The van der Waals surface area contributed by atoms with Crippen molar-refractivity contribution in [3.05, 3.63) is 131 Å². The van der Waals surface area contributed by atoms with Crippen LogP contribution in [0.25, 0.3) is 57.0 Å². The SMILES string of the molecule is C[Si](C)(C)CCOCn1c(-c2cccc(C(=O)O)c2)cc2nc(/C=C/c3ccccc3)cnc21.C[Si](C)(C)CCOCn1c(-c2cccc(C(=O)O)c2)cc2nc(C=O)cnc21. The first kappa shape index (κ1) is 45.1. The maximum atomic E-state index is 11.5. The maximum Gasteiger partial charge on any atom is 0.335 e. The third-order valence-corrected chi connectivity index (χ3v) is 13.3. The monoisotopic (exact) mass is 868 g/mol. The summed E-state index contributed by atoms with van der Waals surface area (Å²) in [5.74, 6) is -1.95.